The van der Waals surface area contributed by atoms with E-state index in [1.54, 1.807) is 26.1 Å². The van der Waals surface area contributed by atoms with Crippen LogP contribution in [-0.2, 0) is 17.8 Å². The number of aryl methyl sites for hydroxylation is 1. The number of ether oxygens (including phenoxy) is 2. The molecule has 0 bridgehead atoms. The number of benzene rings is 1. The number of carbonyl (C=O) groups is 1. The summed E-state index contributed by atoms with van der Waals surface area (Å²) in [6.07, 6.45) is 1.71. The van der Waals surface area contributed by atoms with Gasteiger partial charge in [0.15, 0.2) is 5.96 Å². The van der Waals surface area contributed by atoms with Crippen molar-refractivity contribution in [3.63, 3.8) is 0 Å². The fourth-order valence-electron chi connectivity index (χ4n) is 2.45. The van der Waals surface area contributed by atoms with Gasteiger partial charge in [0.2, 0.25) is 0 Å². The van der Waals surface area contributed by atoms with Crippen molar-refractivity contribution < 1.29 is 18.7 Å². The maximum atomic E-state index is 11.7. The van der Waals surface area contributed by atoms with Gasteiger partial charge in [-0.25, -0.2) is 4.79 Å². The Bertz CT molecular complexity index is 818. The van der Waals surface area contributed by atoms with Gasteiger partial charge in [0.25, 0.3) is 0 Å². The van der Waals surface area contributed by atoms with Crippen molar-refractivity contribution >= 4 is 35.9 Å². The van der Waals surface area contributed by atoms with E-state index >= 15 is 0 Å². The van der Waals surface area contributed by atoms with Crippen LogP contribution in [-0.4, -0.2) is 32.7 Å². The molecule has 2 rings (SSSR count). The van der Waals surface area contributed by atoms with Gasteiger partial charge in [0.05, 0.1) is 13.7 Å². The average Bonchev–Trinajstić information content (AvgIpc) is 3.07. The van der Waals surface area contributed by atoms with Crippen molar-refractivity contribution in [3.8, 4) is 5.75 Å². The lowest BCUT2D eigenvalue weighted by molar-refractivity contribution is 0.0599. The van der Waals surface area contributed by atoms with Gasteiger partial charge in [0.1, 0.15) is 29.4 Å². The normalized spacial score (nSPS) is 10.6. The third kappa shape index (κ3) is 6.59. The van der Waals surface area contributed by atoms with Crippen LogP contribution in [0.3, 0.4) is 0 Å². The Hall–Kier alpha value is -2.49. The van der Waals surface area contributed by atoms with Crippen molar-refractivity contribution in [2.75, 3.05) is 20.8 Å². The molecular weight excluding hydrogens is 473 g/mol. The molecule has 7 nitrogen and oxygen atoms in total. The Morgan fingerprint density at radius 2 is 2.00 bits per heavy atom. The molecule has 0 amide bonds. The Morgan fingerprint density at radius 3 is 2.68 bits per heavy atom. The molecule has 0 atom stereocenters. The lowest BCUT2D eigenvalue weighted by Gasteiger charge is -2.14. The van der Waals surface area contributed by atoms with E-state index in [2.05, 4.69) is 22.2 Å². The molecule has 0 radical (unpaired) electrons. The number of aliphatic imine (C=N–C) groups is 1. The monoisotopic (exact) mass is 499 g/mol. The number of hydrogen-bond acceptors (Lipinski definition) is 5. The highest BCUT2D eigenvalue weighted by Gasteiger charge is 2.15. The van der Waals surface area contributed by atoms with Gasteiger partial charge in [-0.15, -0.1) is 24.0 Å². The van der Waals surface area contributed by atoms with E-state index in [0.29, 0.717) is 42.7 Å². The van der Waals surface area contributed by atoms with Crippen LogP contribution in [0, 0.1) is 6.92 Å². The molecule has 0 aliphatic heterocycles. The van der Waals surface area contributed by atoms with E-state index < -0.39 is 5.97 Å². The van der Waals surface area contributed by atoms with Crippen LogP contribution < -0.4 is 15.4 Å². The molecule has 0 unspecified atom stereocenters. The third-order valence-corrected chi connectivity index (χ3v) is 3.80. The van der Waals surface area contributed by atoms with Gasteiger partial charge >= 0.3 is 5.97 Å². The molecule has 0 fully saturated rings. The summed E-state index contributed by atoms with van der Waals surface area (Å²) in [6.45, 7) is 6.76. The highest BCUT2D eigenvalue weighted by Crippen LogP contribution is 2.18. The van der Waals surface area contributed by atoms with Gasteiger partial charge in [0, 0.05) is 19.2 Å². The van der Waals surface area contributed by atoms with E-state index in [0.717, 1.165) is 11.3 Å². The Labute approximate surface area is 182 Å². The number of nitrogens with zero attached hydrogens (tertiary/aromatic N) is 1. The lowest BCUT2D eigenvalue weighted by Crippen LogP contribution is -2.36. The minimum Gasteiger partial charge on any atom is -0.489 e. The first-order chi connectivity index (χ1) is 13.1. The number of guanidine groups is 1. The van der Waals surface area contributed by atoms with Crippen molar-refractivity contribution in [2.24, 2.45) is 4.99 Å². The van der Waals surface area contributed by atoms with Gasteiger partial charge in [-0.3, -0.25) is 4.99 Å². The van der Waals surface area contributed by atoms with Crippen molar-refractivity contribution in [3.05, 3.63) is 65.6 Å². The van der Waals surface area contributed by atoms with Gasteiger partial charge in [-0.2, -0.15) is 0 Å². The number of carbonyl (C=O) groups excluding carboxylic acids is 1. The van der Waals surface area contributed by atoms with Crippen LogP contribution in [0.5, 0.6) is 5.75 Å². The number of methoxy groups -OCH3 is 1. The molecule has 28 heavy (non-hydrogen) atoms. The molecule has 1 aromatic heterocycles. The minimum absolute atomic E-state index is 0. The molecule has 0 aliphatic rings. The van der Waals surface area contributed by atoms with Crippen LogP contribution in [0.2, 0.25) is 0 Å². The van der Waals surface area contributed by atoms with Gasteiger partial charge < -0.3 is 24.5 Å². The summed E-state index contributed by atoms with van der Waals surface area (Å²) in [6, 6.07) is 9.44. The number of rotatable bonds is 8. The van der Waals surface area contributed by atoms with Crippen LogP contribution in [0.25, 0.3) is 0 Å². The predicted molar refractivity (Wildman–Crippen MR) is 119 cm³/mol. The Morgan fingerprint density at radius 1 is 1.29 bits per heavy atom. The molecule has 8 heteroatoms. The fourth-order valence-corrected chi connectivity index (χ4v) is 2.45. The topological polar surface area (TPSA) is 85.1 Å². The second-order valence-electron chi connectivity index (χ2n) is 5.66. The van der Waals surface area contributed by atoms with Crippen molar-refractivity contribution in [2.45, 2.75) is 20.0 Å². The van der Waals surface area contributed by atoms with Crippen molar-refractivity contribution in [1.82, 2.24) is 10.6 Å². The SMILES string of the molecule is C=CCOc1ccccc1CNC(=NC)NCc1cc(C(=O)OC)c(C)o1.I. The van der Waals surface area contributed by atoms with E-state index in [1.807, 2.05) is 24.3 Å². The first kappa shape index (κ1) is 23.5. The maximum absolute atomic E-state index is 11.7. The summed E-state index contributed by atoms with van der Waals surface area (Å²) in [7, 11) is 3.03. The van der Waals surface area contributed by atoms with E-state index in [4.69, 9.17) is 13.9 Å². The van der Waals surface area contributed by atoms with E-state index in [1.165, 1.54) is 7.11 Å². The molecule has 1 aromatic carbocycles. The Balaban J connectivity index is 0.00000392. The second-order valence-corrected chi connectivity index (χ2v) is 5.66. The highest BCUT2D eigenvalue weighted by atomic mass is 127. The number of furan rings is 1. The van der Waals surface area contributed by atoms with Crippen LogP contribution >= 0.6 is 24.0 Å². The summed E-state index contributed by atoms with van der Waals surface area (Å²) >= 11 is 0. The molecule has 2 aromatic rings. The summed E-state index contributed by atoms with van der Waals surface area (Å²) in [5.74, 6) is 2.12. The molecule has 0 spiro atoms. The van der Waals surface area contributed by atoms with Crippen molar-refractivity contribution in [1.29, 1.82) is 0 Å². The standard InChI is InChI=1S/C20H25N3O4.HI/c1-5-10-26-18-9-7-6-8-15(18)12-22-20(21-3)23-13-16-11-17(14(2)27-16)19(24)25-4;/h5-9,11H,1,10,12-13H2,2-4H3,(H2,21,22,23);1H. The van der Waals surface area contributed by atoms with Gasteiger partial charge in [-0.05, 0) is 19.1 Å². The molecule has 152 valence electrons. The van der Waals surface area contributed by atoms with E-state index in [9.17, 15) is 4.79 Å². The highest BCUT2D eigenvalue weighted by molar-refractivity contribution is 14.0. The average molecular weight is 499 g/mol. The predicted octanol–water partition coefficient (Wildman–Crippen LogP) is 3.42. The molecule has 1 heterocycles. The molecule has 0 saturated carbocycles. The quantitative estimate of drug-likeness (QED) is 0.191. The zero-order valence-corrected chi connectivity index (χ0v) is 18.6. The minimum atomic E-state index is -0.416. The summed E-state index contributed by atoms with van der Waals surface area (Å²) in [5, 5.41) is 6.38. The van der Waals surface area contributed by atoms with Crippen LogP contribution in [0.4, 0.5) is 0 Å². The largest absolute Gasteiger partial charge is 0.489 e. The molecule has 0 aliphatic carbocycles. The third-order valence-electron chi connectivity index (χ3n) is 3.80. The van der Waals surface area contributed by atoms with E-state index in [-0.39, 0.29) is 24.0 Å². The maximum Gasteiger partial charge on any atom is 0.341 e. The number of hydrogen-bond donors (Lipinski definition) is 2. The zero-order valence-electron chi connectivity index (χ0n) is 16.3. The number of nitrogens with one attached hydrogen (secondary N) is 2. The smallest absolute Gasteiger partial charge is 0.341 e. The Kier molecular flexibility index (Phi) is 10.1. The number of para-hydroxylation sites is 1. The lowest BCUT2D eigenvalue weighted by atomic mass is 10.2. The first-order valence-electron chi connectivity index (χ1n) is 8.52. The second kappa shape index (κ2) is 12.1. The molecular formula is C20H26IN3O4. The number of halogens is 1. The zero-order chi connectivity index (χ0) is 19.6. The first-order valence-corrected chi connectivity index (χ1v) is 8.52. The van der Waals surface area contributed by atoms with Gasteiger partial charge in [-0.1, -0.05) is 30.9 Å². The summed E-state index contributed by atoms with van der Waals surface area (Å²) < 4.78 is 16.0. The van der Waals surface area contributed by atoms with Crippen LogP contribution in [0.1, 0.15) is 27.4 Å². The fraction of sp³-hybridized carbons (Fsp3) is 0.300. The molecule has 0 saturated heterocycles. The number of esters is 1. The van der Waals surface area contributed by atoms with Crippen LogP contribution in [0.15, 0.2) is 52.4 Å². The summed E-state index contributed by atoms with van der Waals surface area (Å²) in [4.78, 5) is 15.8. The summed E-state index contributed by atoms with van der Waals surface area (Å²) in [5.41, 5.74) is 1.43. The molecule has 2 N–H and O–H groups in total.